The van der Waals surface area contributed by atoms with E-state index in [9.17, 15) is 4.79 Å². The van der Waals surface area contributed by atoms with Crippen molar-refractivity contribution in [2.24, 2.45) is 0 Å². The molecule has 0 spiro atoms. The van der Waals surface area contributed by atoms with Crippen LogP contribution in [0.2, 0.25) is 0 Å². The van der Waals surface area contributed by atoms with E-state index in [1.807, 2.05) is 24.3 Å². The smallest absolute Gasteiger partial charge is 0.273 e. The molecular formula is C22H24N4O3. The average molecular weight is 392 g/mol. The van der Waals surface area contributed by atoms with Crippen LogP contribution in [0.3, 0.4) is 0 Å². The molecule has 0 unspecified atom stereocenters. The van der Waals surface area contributed by atoms with E-state index in [0.29, 0.717) is 11.5 Å². The van der Waals surface area contributed by atoms with Crippen molar-refractivity contribution in [3.63, 3.8) is 0 Å². The molecule has 2 aromatic heterocycles. The van der Waals surface area contributed by atoms with Gasteiger partial charge in [-0.15, -0.1) is 0 Å². The average Bonchev–Trinajstić information content (AvgIpc) is 3.26. The topological polar surface area (TPSA) is 80.5 Å². The summed E-state index contributed by atoms with van der Waals surface area (Å²) in [6.07, 6.45) is 5.18. The van der Waals surface area contributed by atoms with Crippen molar-refractivity contribution in [1.82, 2.24) is 20.4 Å². The predicted octanol–water partition coefficient (Wildman–Crippen LogP) is 3.14. The van der Waals surface area contributed by atoms with Crippen LogP contribution >= 0.6 is 0 Å². The van der Waals surface area contributed by atoms with Crippen LogP contribution in [0, 0.1) is 0 Å². The number of amides is 1. The molecule has 1 saturated heterocycles. The highest BCUT2D eigenvalue weighted by Crippen LogP contribution is 2.20. The summed E-state index contributed by atoms with van der Waals surface area (Å²) in [7, 11) is 1.68. The molecule has 150 valence electrons. The van der Waals surface area contributed by atoms with Crippen LogP contribution in [0.5, 0.6) is 5.75 Å². The number of hydrogen-bond donors (Lipinski definition) is 1. The minimum atomic E-state index is -0.199. The monoisotopic (exact) mass is 392 g/mol. The van der Waals surface area contributed by atoms with Crippen molar-refractivity contribution >= 4 is 5.91 Å². The zero-order valence-electron chi connectivity index (χ0n) is 16.4. The van der Waals surface area contributed by atoms with E-state index in [0.717, 1.165) is 43.8 Å². The van der Waals surface area contributed by atoms with Gasteiger partial charge in [-0.2, -0.15) is 0 Å². The Morgan fingerprint density at radius 3 is 2.86 bits per heavy atom. The SMILES string of the molecule is COc1cccc(CN2CCC(NC(=O)c3cc(-c4cccnc4)on3)CC2)c1. The number of rotatable bonds is 6. The van der Waals surface area contributed by atoms with Crippen molar-refractivity contribution in [1.29, 1.82) is 0 Å². The number of aromatic nitrogens is 2. The lowest BCUT2D eigenvalue weighted by molar-refractivity contribution is 0.0900. The molecule has 1 amide bonds. The molecular weight excluding hydrogens is 368 g/mol. The molecule has 3 aromatic rings. The number of hydrogen-bond acceptors (Lipinski definition) is 6. The predicted molar refractivity (Wildman–Crippen MR) is 108 cm³/mol. The number of methoxy groups -OCH3 is 1. The zero-order chi connectivity index (χ0) is 20.1. The summed E-state index contributed by atoms with van der Waals surface area (Å²) < 4.78 is 10.6. The molecule has 1 aromatic carbocycles. The summed E-state index contributed by atoms with van der Waals surface area (Å²) in [5.74, 6) is 1.22. The molecule has 1 N–H and O–H groups in total. The van der Waals surface area contributed by atoms with Gasteiger partial charge in [0.05, 0.1) is 7.11 Å². The van der Waals surface area contributed by atoms with Crippen LogP contribution in [0.25, 0.3) is 11.3 Å². The van der Waals surface area contributed by atoms with E-state index in [1.54, 1.807) is 25.6 Å². The first-order valence-corrected chi connectivity index (χ1v) is 9.74. The number of nitrogens with zero attached hydrogens (tertiary/aromatic N) is 3. The van der Waals surface area contributed by atoms with Gasteiger partial charge >= 0.3 is 0 Å². The van der Waals surface area contributed by atoms with Gasteiger partial charge in [-0.3, -0.25) is 14.7 Å². The maximum absolute atomic E-state index is 12.5. The van der Waals surface area contributed by atoms with E-state index in [-0.39, 0.29) is 11.9 Å². The second kappa shape index (κ2) is 8.87. The highest BCUT2D eigenvalue weighted by atomic mass is 16.5. The third-order valence-electron chi connectivity index (χ3n) is 5.15. The Bertz CT molecular complexity index is 949. The molecule has 1 fully saturated rings. The highest BCUT2D eigenvalue weighted by Gasteiger charge is 2.23. The van der Waals surface area contributed by atoms with Gasteiger partial charge in [0.15, 0.2) is 11.5 Å². The molecule has 1 aliphatic rings. The first-order valence-electron chi connectivity index (χ1n) is 9.74. The van der Waals surface area contributed by atoms with Crippen molar-refractivity contribution < 1.29 is 14.1 Å². The van der Waals surface area contributed by atoms with Gasteiger partial charge in [0.2, 0.25) is 0 Å². The normalized spacial score (nSPS) is 15.2. The zero-order valence-corrected chi connectivity index (χ0v) is 16.4. The van der Waals surface area contributed by atoms with Crippen molar-refractivity contribution in [2.75, 3.05) is 20.2 Å². The second-order valence-electron chi connectivity index (χ2n) is 7.19. The summed E-state index contributed by atoms with van der Waals surface area (Å²) in [6.45, 7) is 2.75. The van der Waals surface area contributed by atoms with Crippen molar-refractivity contribution in [3.05, 3.63) is 66.1 Å². The van der Waals surface area contributed by atoms with Crippen LogP contribution in [0.1, 0.15) is 28.9 Å². The molecule has 7 nitrogen and oxygen atoms in total. The number of carbonyl (C=O) groups is 1. The fraction of sp³-hybridized carbons (Fsp3) is 0.318. The molecule has 29 heavy (non-hydrogen) atoms. The number of benzene rings is 1. The van der Waals surface area contributed by atoms with Crippen LogP contribution in [-0.2, 0) is 6.54 Å². The molecule has 0 bridgehead atoms. The summed E-state index contributed by atoms with van der Waals surface area (Å²) in [4.78, 5) is 19.0. The van der Waals surface area contributed by atoms with Gasteiger partial charge in [0, 0.05) is 49.7 Å². The standard InChI is InChI=1S/C22H24N4O3/c1-28-19-6-2-4-16(12-19)15-26-10-7-18(8-11-26)24-22(27)20-13-21(29-25-20)17-5-3-9-23-14-17/h2-6,9,12-14,18H,7-8,10-11,15H2,1H3,(H,24,27). The van der Waals surface area contributed by atoms with Gasteiger partial charge in [-0.25, -0.2) is 0 Å². The second-order valence-corrected chi connectivity index (χ2v) is 7.19. The summed E-state index contributed by atoms with van der Waals surface area (Å²) >= 11 is 0. The fourth-order valence-electron chi connectivity index (χ4n) is 3.55. The van der Waals surface area contributed by atoms with Gasteiger partial charge in [-0.05, 0) is 42.7 Å². The summed E-state index contributed by atoms with van der Waals surface area (Å²) in [5.41, 5.74) is 2.32. The number of piperidine rings is 1. The Morgan fingerprint density at radius 2 is 2.10 bits per heavy atom. The lowest BCUT2D eigenvalue weighted by atomic mass is 10.0. The third-order valence-corrected chi connectivity index (χ3v) is 5.15. The number of carbonyl (C=O) groups excluding carboxylic acids is 1. The quantitative estimate of drug-likeness (QED) is 0.694. The number of likely N-dealkylation sites (tertiary alicyclic amines) is 1. The van der Waals surface area contributed by atoms with Crippen LogP contribution in [0.4, 0.5) is 0 Å². The van der Waals surface area contributed by atoms with Crippen LogP contribution < -0.4 is 10.1 Å². The van der Waals surface area contributed by atoms with Gasteiger partial charge in [0.1, 0.15) is 5.75 Å². The van der Waals surface area contributed by atoms with Crippen molar-refractivity contribution in [3.8, 4) is 17.1 Å². The van der Waals surface area contributed by atoms with Gasteiger partial charge < -0.3 is 14.6 Å². The molecule has 0 atom stereocenters. The van der Waals surface area contributed by atoms with Crippen LogP contribution in [0.15, 0.2) is 59.4 Å². The number of ether oxygens (including phenoxy) is 1. The van der Waals surface area contributed by atoms with E-state index >= 15 is 0 Å². The fourth-order valence-corrected chi connectivity index (χ4v) is 3.55. The molecule has 0 saturated carbocycles. The Balaban J connectivity index is 1.28. The van der Waals surface area contributed by atoms with Gasteiger partial charge in [0.25, 0.3) is 5.91 Å². The Morgan fingerprint density at radius 1 is 1.24 bits per heavy atom. The maximum atomic E-state index is 12.5. The first kappa shape index (κ1) is 19.1. The Kier molecular flexibility index (Phi) is 5.86. The lowest BCUT2D eigenvalue weighted by Crippen LogP contribution is -2.44. The van der Waals surface area contributed by atoms with Gasteiger partial charge in [-0.1, -0.05) is 17.3 Å². The molecule has 1 aliphatic heterocycles. The van der Waals surface area contributed by atoms with E-state index in [4.69, 9.17) is 9.26 Å². The number of pyridine rings is 1. The van der Waals surface area contributed by atoms with Crippen molar-refractivity contribution in [2.45, 2.75) is 25.4 Å². The minimum absolute atomic E-state index is 0.141. The lowest BCUT2D eigenvalue weighted by Gasteiger charge is -2.32. The van der Waals surface area contributed by atoms with E-state index in [1.165, 1.54) is 5.56 Å². The minimum Gasteiger partial charge on any atom is -0.497 e. The summed E-state index contributed by atoms with van der Waals surface area (Å²) in [5, 5.41) is 6.99. The first-order chi connectivity index (χ1) is 14.2. The Labute approximate surface area is 169 Å². The molecule has 0 aliphatic carbocycles. The Hall–Kier alpha value is -3.19. The largest absolute Gasteiger partial charge is 0.497 e. The molecule has 3 heterocycles. The maximum Gasteiger partial charge on any atom is 0.273 e. The molecule has 0 radical (unpaired) electrons. The highest BCUT2D eigenvalue weighted by molar-refractivity contribution is 5.93. The molecule has 7 heteroatoms. The van der Waals surface area contributed by atoms with E-state index < -0.39 is 0 Å². The number of nitrogens with one attached hydrogen (secondary N) is 1. The van der Waals surface area contributed by atoms with E-state index in [2.05, 4.69) is 32.5 Å². The van der Waals surface area contributed by atoms with Crippen LogP contribution in [-0.4, -0.2) is 47.2 Å². The summed E-state index contributed by atoms with van der Waals surface area (Å²) in [6, 6.07) is 13.6. The third kappa shape index (κ3) is 4.81. The molecule has 4 rings (SSSR count).